The third kappa shape index (κ3) is 2.79. The number of carbonyl (C=O) groups is 1. The first-order valence-electron chi connectivity index (χ1n) is 7.77. The molecule has 0 spiro atoms. The molecule has 0 unspecified atom stereocenters. The van der Waals surface area contributed by atoms with E-state index in [0.29, 0.717) is 17.5 Å². The summed E-state index contributed by atoms with van der Waals surface area (Å²) in [5.41, 5.74) is 1.27. The van der Waals surface area contributed by atoms with E-state index in [1.165, 1.54) is 0 Å². The van der Waals surface area contributed by atoms with E-state index < -0.39 is 0 Å². The van der Waals surface area contributed by atoms with Crippen molar-refractivity contribution >= 4 is 5.91 Å². The van der Waals surface area contributed by atoms with Crippen LogP contribution in [0.5, 0.6) is 0 Å². The first-order valence-corrected chi connectivity index (χ1v) is 7.77. The molecule has 1 aliphatic heterocycles. The number of fused-ring (bicyclic) bond motifs is 2. The van der Waals surface area contributed by atoms with E-state index in [9.17, 15) is 4.79 Å². The van der Waals surface area contributed by atoms with Crippen molar-refractivity contribution in [1.29, 1.82) is 0 Å². The molecule has 21 heavy (non-hydrogen) atoms. The first-order chi connectivity index (χ1) is 10.1. The van der Waals surface area contributed by atoms with E-state index in [0.717, 1.165) is 31.7 Å². The molecule has 3 rings (SSSR count). The van der Waals surface area contributed by atoms with E-state index in [1.807, 2.05) is 11.8 Å². The fraction of sp³-hybridized carbons (Fsp3) is 0.688. The van der Waals surface area contributed by atoms with Crippen LogP contribution in [0.2, 0.25) is 0 Å². The number of aromatic nitrogens is 2. The van der Waals surface area contributed by atoms with Crippen LogP contribution in [0, 0.1) is 18.8 Å². The fourth-order valence-electron chi connectivity index (χ4n) is 3.38. The first kappa shape index (κ1) is 14.4. The van der Waals surface area contributed by atoms with Gasteiger partial charge in [-0.1, -0.05) is 13.8 Å². The molecule has 114 valence electrons. The SMILES string of the molecule is Cc1cnc(C(=O)N2C[C@H]3CC[C@H]2[C@@H]3OCC(C)C)cn1. The predicted molar refractivity (Wildman–Crippen MR) is 78.9 cm³/mol. The van der Waals surface area contributed by atoms with E-state index in [4.69, 9.17) is 4.74 Å². The Morgan fingerprint density at radius 2 is 2.19 bits per heavy atom. The molecule has 2 heterocycles. The maximum Gasteiger partial charge on any atom is 0.274 e. The van der Waals surface area contributed by atoms with E-state index >= 15 is 0 Å². The third-order valence-electron chi connectivity index (χ3n) is 4.39. The smallest absolute Gasteiger partial charge is 0.274 e. The molecule has 3 atom stereocenters. The highest BCUT2D eigenvalue weighted by molar-refractivity contribution is 5.92. The van der Waals surface area contributed by atoms with Crippen molar-refractivity contribution in [2.45, 2.75) is 45.8 Å². The molecule has 1 saturated heterocycles. The van der Waals surface area contributed by atoms with Gasteiger partial charge in [-0.25, -0.2) is 4.98 Å². The minimum atomic E-state index is -0.00662. The number of carbonyl (C=O) groups excluding carboxylic acids is 1. The molecule has 5 nitrogen and oxygen atoms in total. The molecule has 1 aromatic rings. The normalized spacial score (nSPS) is 27.6. The Morgan fingerprint density at radius 1 is 1.38 bits per heavy atom. The molecule has 1 aliphatic carbocycles. The monoisotopic (exact) mass is 289 g/mol. The lowest BCUT2D eigenvalue weighted by Gasteiger charge is -2.27. The number of hydrogen-bond donors (Lipinski definition) is 0. The number of amides is 1. The minimum absolute atomic E-state index is 0.00662. The van der Waals surface area contributed by atoms with Crippen molar-refractivity contribution in [3.8, 4) is 0 Å². The lowest BCUT2D eigenvalue weighted by Crippen LogP contribution is -2.40. The van der Waals surface area contributed by atoms with Crippen molar-refractivity contribution in [2.75, 3.05) is 13.2 Å². The van der Waals surface area contributed by atoms with Crippen LogP contribution in [-0.4, -0.2) is 46.1 Å². The Kier molecular flexibility index (Phi) is 3.93. The van der Waals surface area contributed by atoms with Crippen molar-refractivity contribution in [3.05, 3.63) is 23.8 Å². The Labute approximate surface area is 125 Å². The summed E-state index contributed by atoms with van der Waals surface area (Å²) >= 11 is 0. The summed E-state index contributed by atoms with van der Waals surface area (Å²) in [6, 6.07) is 0.212. The molecule has 0 N–H and O–H groups in total. The molecular weight excluding hydrogens is 266 g/mol. The van der Waals surface area contributed by atoms with Crippen LogP contribution in [0.4, 0.5) is 0 Å². The molecular formula is C16H23N3O2. The zero-order valence-corrected chi connectivity index (χ0v) is 13.0. The van der Waals surface area contributed by atoms with Gasteiger partial charge in [0.25, 0.3) is 5.91 Å². The highest BCUT2D eigenvalue weighted by atomic mass is 16.5. The van der Waals surface area contributed by atoms with Gasteiger partial charge in [0.2, 0.25) is 0 Å². The highest BCUT2D eigenvalue weighted by Crippen LogP contribution is 2.40. The van der Waals surface area contributed by atoms with Crippen LogP contribution >= 0.6 is 0 Å². The Balaban J connectivity index is 1.70. The van der Waals surface area contributed by atoms with Crippen LogP contribution < -0.4 is 0 Å². The zero-order valence-electron chi connectivity index (χ0n) is 13.0. The zero-order chi connectivity index (χ0) is 15.0. The summed E-state index contributed by atoms with van der Waals surface area (Å²) in [5.74, 6) is 1.00. The molecule has 2 aliphatic rings. The molecule has 2 fully saturated rings. The molecule has 1 saturated carbocycles. The summed E-state index contributed by atoms with van der Waals surface area (Å²) in [6.07, 6.45) is 5.63. The maximum atomic E-state index is 12.6. The van der Waals surface area contributed by atoms with Crippen LogP contribution in [0.3, 0.4) is 0 Å². The number of rotatable bonds is 4. The lowest BCUT2D eigenvalue weighted by atomic mass is 10.1. The fourth-order valence-corrected chi connectivity index (χ4v) is 3.38. The number of piperidine rings is 1. The molecule has 1 aromatic heterocycles. The Bertz CT molecular complexity index is 515. The molecule has 1 amide bonds. The van der Waals surface area contributed by atoms with Gasteiger partial charge >= 0.3 is 0 Å². The van der Waals surface area contributed by atoms with Crippen molar-refractivity contribution in [2.24, 2.45) is 11.8 Å². The van der Waals surface area contributed by atoms with Gasteiger partial charge < -0.3 is 9.64 Å². The van der Waals surface area contributed by atoms with Crippen molar-refractivity contribution in [1.82, 2.24) is 14.9 Å². The van der Waals surface area contributed by atoms with Crippen LogP contribution in [0.1, 0.15) is 42.9 Å². The quantitative estimate of drug-likeness (QED) is 0.851. The number of aryl methyl sites for hydroxylation is 1. The number of nitrogens with zero attached hydrogens (tertiary/aromatic N) is 3. The summed E-state index contributed by atoms with van der Waals surface area (Å²) in [4.78, 5) is 22.9. The van der Waals surface area contributed by atoms with Gasteiger partial charge in [-0.3, -0.25) is 9.78 Å². The van der Waals surface area contributed by atoms with Gasteiger partial charge in [-0.05, 0) is 25.7 Å². The average Bonchev–Trinajstić information content (AvgIpc) is 3.02. The lowest BCUT2D eigenvalue weighted by molar-refractivity contribution is 0.0130. The number of ether oxygens (including phenoxy) is 1. The molecule has 5 heteroatoms. The number of hydrogen-bond acceptors (Lipinski definition) is 4. The van der Waals surface area contributed by atoms with Gasteiger partial charge in [0.05, 0.1) is 24.0 Å². The van der Waals surface area contributed by atoms with E-state index in [1.54, 1.807) is 12.4 Å². The average molecular weight is 289 g/mol. The Morgan fingerprint density at radius 3 is 2.86 bits per heavy atom. The maximum absolute atomic E-state index is 12.6. The van der Waals surface area contributed by atoms with Gasteiger partial charge in [-0.15, -0.1) is 0 Å². The van der Waals surface area contributed by atoms with Crippen LogP contribution in [0.25, 0.3) is 0 Å². The molecule has 0 aromatic carbocycles. The highest BCUT2D eigenvalue weighted by Gasteiger charge is 2.49. The topological polar surface area (TPSA) is 55.3 Å². The van der Waals surface area contributed by atoms with Gasteiger partial charge in [0.1, 0.15) is 5.69 Å². The molecule has 2 bridgehead atoms. The van der Waals surface area contributed by atoms with Crippen molar-refractivity contribution < 1.29 is 9.53 Å². The summed E-state index contributed by atoms with van der Waals surface area (Å²) in [5, 5.41) is 0. The summed E-state index contributed by atoms with van der Waals surface area (Å²) in [7, 11) is 0. The van der Waals surface area contributed by atoms with Gasteiger partial charge in [-0.2, -0.15) is 0 Å². The van der Waals surface area contributed by atoms with E-state index in [2.05, 4.69) is 23.8 Å². The summed E-state index contributed by atoms with van der Waals surface area (Å²) < 4.78 is 6.06. The number of likely N-dealkylation sites (tertiary alicyclic amines) is 1. The summed E-state index contributed by atoms with van der Waals surface area (Å²) in [6.45, 7) is 7.74. The minimum Gasteiger partial charge on any atom is -0.375 e. The van der Waals surface area contributed by atoms with Crippen LogP contribution in [-0.2, 0) is 4.74 Å². The third-order valence-corrected chi connectivity index (χ3v) is 4.39. The van der Waals surface area contributed by atoms with Gasteiger partial charge in [0, 0.05) is 25.3 Å². The van der Waals surface area contributed by atoms with Crippen molar-refractivity contribution in [3.63, 3.8) is 0 Å². The second-order valence-electron chi connectivity index (χ2n) is 6.60. The second-order valence-corrected chi connectivity index (χ2v) is 6.60. The van der Waals surface area contributed by atoms with Crippen LogP contribution in [0.15, 0.2) is 12.4 Å². The molecule has 0 radical (unpaired) electrons. The second kappa shape index (κ2) is 5.72. The van der Waals surface area contributed by atoms with Gasteiger partial charge in [0.15, 0.2) is 0 Å². The largest absolute Gasteiger partial charge is 0.375 e. The Hall–Kier alpha value is -1.49. The standard InChI is InChI=1S/C16H23N3O2/c1-10(2)9-21-15-12-4-5-14(15)19(8-12)16(20)13-7-17-11(3)6-18-13/h6-7,10,12,14-15H,4-5,8-9H2,1-3H3/t12-,14+,15-/m1/s1. The predicted octanol–water partition coefficient (Wildman–Crippen LogP) is 2.06. The van der Waals surface area contributed by atoms with E-state index in [-0.39, 0.29) is 18.1 Å².